The van der Waals surface area contributed by atoms with Gasteiger partial charge in [0, 0.05) is 28.0 Å². The molecule has 0 bridgehead atoms. The van der Waals surface area contributed by atoms with Crippen LogP contribution in [0.25, 0.3) is 0 Å². The van der Waals surface area contributed by atoms with Crippen molar-refractivity contribution in [3.8, 4) is 0 Å². The lowest BCUT2D eigenvalue weighted by Gasteiger charge is -2.11. The van der Waals surface area contributed by atoms with E-state index >= 15 is 0 Å². The molecule has 0 saturated heterocycles. The molecule has 4 nitrogen and oxygen atoms in total. The van der Waals surface area contributed by atoms with E-state index in [1.54, 1.807) is 6.26 Å². The molecule has 1 rings (SSSR count). The number of guanidine groups is 1. The minimum absolute atomic E-state index is 0. The van der Waals surface area contributed by atoms with Crippen LogP contribution in [0.5, 0.6) is 0 Å². The first-order valence-corrected chi connectivity index (χ1v) is 7.57. The molecule has 2 unspecified atom stereocenters. The molecule has 6 heteroatoms. The summed E-state index contributed by atoms with van der Waals surface area (Å²) in [6.45, 7) is 4.69. The zero-order chi connectivity index (χ0) is 13.5. The highest BCUT2D eigenvalue weighted by atomic mass is 127. The zero-order valence-corrected chi connectivity index (χ0v) is 14.7. The normalized spacial score (nSPS) is 14.4. The molecule has 0 aliphatic rings. The molecule has 0 amide bonds. The minimum atomic E-state index is -0.932. The number of benzene rings is 1. The average Bonchev–Trinajstić information content (AvgIpc) is 2.36. The molecule has 0 radical (unpaired) electrons. The van der Waals surface area contributed by atoms with Gasteiger partial charge in [-0.05, 0) is 31.0 Å². The molecular formula is C13H22IN3OS. The van der Waals surface area contributed by atoms with Gasteiger partial charge in [-0.3, -0.25) is 4.21 Å². The van der Waals surface area contributed by atoms with Gasteiger partial charge in [0.25, 0.3) is 0 Å². The molecule has 0 heterocycles. The Hall–Kier alpha value is -0.630. The Morgan fingerprint density at radius 3 is 2.47 bits per heavy atom. The van der Waals surface area contributed by atoms with Crippen LogP contribution >= 0.6 is 24.0 Å². The maximum atomic E-state index is 11.2. The van der Waals surface area contributed by atoms with Crippen molar-refractivity contribution in [3.63, 3.8) is 0 Å². The van der Waals surface area contributed by atoms with Gasteiger partial charge in [-0.2, -0.15) is 0 Å². The Balaban J connectivity index is 0.00000324. The quantitative estimate of drug-likeness (QED) is 0.457. The molecule has 3 N–H and O–H groups in total. The topological polar surface area (TPSA) is 67.5 Å². The summed E-state index contributed by atoms with van der Waals surface area (Å²) < 4.78 is 11.2. The Kier molecular flexibility index (Phi) is 8.99. The summed E-state index contributed by atoms with van der Waals surface area (Å²) in [5, 5.41) is 3.11. The van der Waals surface area contributed by atoms with Crippen molar-refractivity contribution in [2.45, 2.75) is 37.8 Å². The fraction of sp³-hybridized carbons (Fsp3) is 0.462. The van der Waals surface area contributed by atoms with E-state index in [1.165, 1.54) is 0 Å². The van der Waals surface area contributed by atoms with Gasteiger partial charge in [0.2, 0.25) is 0 Å². The molecule has 1 aromatic rings. The number of nitrogens with zero attached hydrogens (tertiary/aromatic N) is 1. The molecule has 0 fully saturated rings. The van der Waals surface area contributed by atoms with Crippen molar-refractivity contribution < 1.29 is 4.21 Å². The van der Waals surface area contributed by atoms with E-state index in [9.17, 15) is 4.21 Å². The standard InChI is InChI=1S/C13H21N3OS.HI/c1-4-10(2)16-13(14)15-9-11-5-7-12(8-6-11)18(3)17;/h5-8,10H,4,9H2,1-3H3,(H3,14,15,16);1H. The lowest BCUT2D eigenvalue weighted by molar-refractivity contribution is 0.636. The number of hydrogen-bond acceptors (Lipinski definition) is 2. The van der Waals surface area contributed by atoms with Crippen LogP contribution in [0.3, 0.4) is 0 Å². The number of nitrogens with two attached hydrogens (primary N) is 1. The van der Waals surface area contributed by atoms with E-state index < -0.39 is 10.8 Å². The highest BCUT2D eigenvalue weighted by Crippen LogP contribution is 2.08. The fourth-order valence-corrected chi connectivity index (χ4v) is 1.88. The number of aliphatic imine (C=N–C) groups is 1. The fourth-order valence-electron chi connectivity index (χ4n) is 1.36. The van der Waals surface area contributed by atoms with E-state index in [4.69, 9.17) is 5.73 Å². The van der Waals surface area contributed by atoms with Crippen LogP contribution in [-0.2, 0) is 17.3 Å². The highest BCUT2D eigenvalue weighted by Gasteiger charge is 2.00. The average molecular weight is 395 g/mol. The number of nitrogens with one attached hydrogen (secondary N) is 1. The van der Waals surface area contributed by atoms with Gasteiger partial charge in [0.1, 0.15) is 0 Å². The van der Waals surface area contributed by atoms with Gasteiger partial charge in [-0.15, -0.1) is 24.0 Å². The molecule has 2 atom stereocenters. The number of hydrogen-bond donors (Lipinski definition) is 2. The maximum Gasteiger partial charge on any atom is 0.189 e. The minimum Gasteiger partial charge on any atom is -0.370 e. The zero-order valence-electron chi connectivity index (χ0n) is 11.6. The van der Waals surface area contributed by atoms with Gasteiger partial charge in [-0.1, -0.05) is 19.1 Å². The Bertz CT molecular complexity index is 434. The van der Waals surface area contributed by atoms with Crippen LogP contribution in [0.2, 0.25) is 0 Å². The van der Waals surface area contributed by atoms with E-state index in [2.05, 4.69) is 24.2 Å². The second-order valence-corrected chi connectivity index (χ2v) is 5.63. The molecule has 108 valence electrons. The van der Waals surface area contributed by atoms with Crippen molar-refractivity contribution in [3.05, 3.63) is 29.8 Å². The lowest BCUT2D eigenvalue weighted by atomic mass is 10.2. The summed E-state index contributed by atoms with van der Waals surface area (Å²) in [5.74, 6) is 0.465. The van der Waals surface area contributed by atoms with Crippen molar-refractivity contribution in [1.82, 2.24) is 5.32 Å². The third-order valence-electron chi connectivity index (χ3n) is 2.69. The first-order chi connectivity index (χ1) is 8.52. The second-order valence-electron chi connectivity index (χ2n) is 4.25. The summed E-state index contributed by atoms with van der Waals surface area (Å²) in [5.41, 5.74) is 6.82. The third kappa shape index (κ3) is 6.91. The first kappa shape index (κ1) is 18.4. The van der Waals surface area contributed by atoms with E-state index in [0.717, 1.165) is 16.9 Å². The predicted octanol–water partition coefficient (Wildman–Crippen LogP) is 2.24. The van der Waals surface area contributed by atoms with Gasteiger partial charge < -0.3 is 11.1 Å². The Morgan fingerprint density at radius 1 is 1.42 bits per heavy atom. The van der Waals surface area contributed by atoms with Gasteiger partial charge >= 0.3 is 0 Å². The largest absolute Gasteiger partial charge is 0.370 e. The SMILES string of the molecule is CCC(C)NC(N)=NCc1ccc(S(C)=O)cc1.I. The maximum absolute atomic E-state index is 11.2. The Morgan fingerprint density at radius 2 is 2.00 bits per heavy atom. The molecule has 0 aromatic heterocycles. The third-order valence-corrected chi connectivity index (χ3v) is 3.63. The van der Waals surface area contributed by atoms with Crippen LogP contribution < -0.4 is 11.1 Å². The summed E-state index contributed by atoms with van der Waals surface area (Å²) in [7, 11) is -0.932. The Labute approximate surface area is 134 Å². The van der Waals surface area contributed by atoms with Crippen molar-refractivity contribution in [2.24, 2.45) is 10.7 Å². The van der Waals surface area contributed by atoms with Crippen LogP contribution in [0.4, 0.5) is 0 Å². The number of rotatable bonds is 5. The highest BCUT2D eigenvalue weighted by molar-refractivity contribution is 14.0. The smallest absolute Gasteiger partial charge is 0.189 e. The van der Waals surface area contributed by atoms with E-state index in [0.29, 0.717) is 18.5 Å². The summed E-state index contributed by atoms with van der Waals surface area (Å²) in [4.78, 5) is 5.09. The summed E-state index contributed by atoms with van der Waals surface area (Å²) in [6.07, 6.45) is 2.68. The van der Waals surface area contributed by atoms with Crippen molar-refractivity contribution in [1.29, 1.82) is 0 Å². The van der Waals surface area contributed by atoms with Crippen molar-refractivity contribution >= 4 is 40.7 Å². The molecule has 0 spiro atoms. The molecule has 0 aliphatic carbocycles. The molecule has 19 heavy (non-hydrogen) atoms. The van der Waals surface area contributed by atoms with Crippen LogP contribution in [0.1, 0.15) is 25.8 Å². The summed E-state index contributed by atoms with van der Waals surface area (Å²) in [6, 6.07) is 7.91. The number of halogens is 1. The van der Waals surface area contributed by atoms with Gasteiger partial charge in [0.15, 0.2) is 5.96 Å². The molecule has 0 aliphatic heterocycles. The van der Waals surface area contributed by atoms with Gasteiger partial charge in [0.05, 0.1) is 6.54 Å². The molecule has 1 aromatic carbocycles. The summed E-state index contributed by atoms with van der Waals surface area (Å²) >= 11 is 0. The first-order valence-electron chi connectivity index (χ1n) is 6.01. The predicted molar refractivity (Wildman–Crippen MR) is 92.4 cm³/mol. The van der Waals surface area contributed by atoms with Crippen molar-refractivity contribution in [2.75, 3.05) is 6.26 Å². The monoisotopic (exact) mass is 395 g/mol. The second kappa shape index (κ2) is 9.30. The van der Waals surface area contributed by atoms with Crippen LogP contribution in [-0.4, -0.2) is 22.5 Å². The molecular weight excluding hydrogens is 373 g/mol. The van der Waals surface area contributed by atoms with E-state index in [1.807, 2.05) is 24.3 Å². The van der Waals surface area contributed by atoms with E-state index in [-0.39, 0.29) is 24.0 Å². The van der Waals surface area contributed by atoms with Gasteiger partial charge in [-0.25, -0.2) is 4.99 Å². The van der Waals surface area contributed by atoms with Crippen LogP contribution in [0, 0.1) is 0 Å². The molecule has 0 saturated carbocycles. The lowest BCUT2D eigenvalue weighted by Crippen LogP contribution is -2.38. The van der Waals surface area contributed by atoms with Crippen LogP contribution in [0.15, 0.2) is 34.2 Å².